The van der Waals surface area contributed by atoms with Gasteiger partial charge in [-0.3, -0.25) is 4.98 Å². The molecule has 2 aromatic rings. The van der Waals surface area contributed by atoms with E-state index < -0.39 is 0 Å². The lowest BCUT2D eigenvalue weighted by molar-refractivity contribution is -0.104. The van der Waals surface area contributed by atoms with Gasteiger partial charge in [0.2, 0.25) is 0 Å². The van der Waals surface area contributed by atoms with Gasteiger partial charge in [-0.1, -0.05) is 18.9 Å². The zero-order chi connectivity index (χ0) is 18.6. The molecule has 1 aliphatic carbocycles. The van der Waals surface area contributed by atoms with Crippen LogP contribution in [0.4, 0.5) is 0 Å². The molecule has 1 atom stereocenters. The van der Waals surface area contributed by atoms with E-state index in [1.54, 1.807) is 18.4 Å². The topological polar surface area (TPSA) is 78.4 Å². The molecule has 6 heteroatoms. The quantitative estimate of drug-likeness (QED) is 0.646. The van der Waals surface area contributed by atoms with Gasteiger partial charge in [0, 0.05) is 30.5 Å². The molecule has 2 fully saturated rings. The Morgan fingerprint density at radius 2 is 2.07 bits per heavy atom. The summed E-state index contributed by atoms with van der Waals surface area (Å²) in [6, 6.07) is 8.41. The maximum absolute atomic E-state index is 6.34. The summed E-state index contributed by atoms with van der Waals surface area (Å²) in [6.45, 7) is 2.70. The van der Waals surface area contributed by atoms with Crippen molar-refractivity contribution in [3.63, 3.8) is 0 Å². The third-order valence-electron chi connectivity index (χ3n) is 6.36. The second-order valence-corrected chi connectivity index (χ2v) is 9.00. The summed E-state index contributed by atoms with van der Waals surface area (Å²) >= 11 is 1.75. The van der Waals surface area contributed by atoms with E-state index in [-0.39, 0.29) is 17.2 Å². The van der Waals surface area contributed by atoms with Crippen LogP contribution in [-0.2, 0) is 16.7 Å². The molecule has 1 saturated heterocycles. The molecule has 1 unspecified atom stereocenters. The standard InChI is InChI=1S/C22H30N2O2S.H3N/c1-25-18-7-15-27-19(18)16-23-13-10-21(20-6-2-5-12-24-20)11-14-26-22(17-21)8-3-4-9-22;/h2,5-7,12,15,23H,3-4,8-11,13-14,16-17H2,1H3;1H3. The summed E-state index contributed by atoms with van der Waals surface area (Å²) in [6.07, 6.45) is 10.2. The maximum Gasteiger partial charge on any atom is 0.134 e. The number of nitrogens with one attached hydrogen (secondary N) is 1. The van der Waals surface area contributed by atoms with Crippen LogP contribution in [0.3, 0.4) is 0 Å². The Kier molecular flexibility index (Phi) is 7.10. The van der Waals surface area contributed by atoms with Crippen LogP contribution < -0.4 is 16.2 Å². The van der Waals surface area contributed by atoms with Gasteiger partial charge in [0.25, 0.3) is 0 Å². The highest BCUT2D eigenvalue weighted by molar-refractivity contribution is 7.10. The Hall–Kier alpha value is -1.47. The monoisotopic (exact) mass is 403 g/mol. The first kappa shape index (κ1) is 21.2. The van der Waals surface area contributed by atoms with Crippen molar-refractivity contribution in [2.24, 2.45) is 0 Å². The van der Waals surface area contributed by atoms with Gasteiger partial charge < -0.3 is 20.9 Å². The molecule has 0 radical (unpaired) electrons. The minimum Gasteiger partial charge on any atom is -0.496 e. The van der Waals surface area contributed by atoms with E-state index in [0.29, 0.717) is 0 Å². The van der Waals surface area contributed by atoms with Crippen LogP contribution in [0.2, 0.25) is 0 Å². The van der Waals surface area contributed by atoms with Gasteiger partial charge in [-0.05, 0) is 62.2 Å². The molecule has 0 aromatic carbocycles. The lowest BCUT2D eigenvalue weighted by atomic mass is 9.68. The zero-order valence-corrected chi connectivity index (χ0v) is 17.7. The first-order valence-corrected chi connectivity index (χ1v) is 11.0. The molecule has 0 amide bonds. The number of methoxy groups -OCH3 is 1. The Bertz CT molecular complexity index is 730. The second kappa shape index (κ2) is 9.35. The third kappa shape index (κ3) is 4.40. The molecule has 1 spiro atoms. The van der Waals surface area contributed by atoms with E-state index in [2.05, 4.69) is 22.8 Å². The molecule has 28 heavy (non-hydrogen) atoms. The van der Waals surface area contributed by atoms with Crippen molar-refractivity contribution >= 4 is 11.3 Å². The Balaban J connectivity index is 0.00000225. The van der Waals surface area contributed by atoms with Gasteiger partial charge in [0.15, 0.2) is 0 Å². The van der Waals surface area contributed by atoms with E-state index in [4.69, 9.17) is 14.5 Å². The molecule has 154 valence electrons. The maximum atomic E-state index is 6.34. The highest BCUT2D eigenvalue weighted by Crippen LogP contribution is 2.49. The summed E-state index contributed by atoms with van der Waals surface area (Å²) in [5.74, 6) is 0.989. The van der Waals surface area contributed by atoms with Gasteiger partial charge in [0.05, 0.1) is 17.6 Å². The van der Waals surface area contributed by atoms with Crippen LogP contribution in [0.25, 0.3) is 0 Å². The average molecular weight is 404 g/mol. The van der Waals surface area contributed by atoms with Crippen molar-refractivity contribution in [3.8, 4) is 5.75 Å². The number of rotatable bonds is 7. The van der Waals surface area contributed by atoms with Gasteiger partial charge in [-0.25, -0.2) is 0 Å². The molecule has 2 aromatic heterocycles. The fourth-order valence-corrected chi connectivity index (χ4v) is 5.77. The summed E-state index contributed by atoms with van der Waals surface area (Å²) in [5, 5.41) is 5.74. The van der Waals surface area contributed by atoms with Crippen molar-refractivity contribution in [1.82, 2.24) is 16.5 Å². The second-order valence-electron chi connectivity index (χ2n) is 8.00. The smallest absolute Gasteiger partial charge is 0.134 e. The number of aromatic nitrogens is 1. The SMILES string of the molecule is COc1ccsc1CNCCC1(c2ccccn2)CCOC2(CCCC2)C1.N. The molecule has 3 heterocycles. The molecule has 4 rings (SSSR count). The number of pyridine rings is 1. The lowest BCUT2D eigenvalue weighted by Gasteiger charge is -2.46. The predicted molar refractivity (Wildman–Crippen MR) is 115 cm³/mol. The Morgan fingerprint density at radius 1 is 1.21 bits per heavy atom. The summed E-state index contributed by atoms with van der Waals surface area (Å²) in [4.78, 5) is 6.05. The van der Waals surface area contributed by atoms with E-state index >= 15 is 0 Å². The summed E-state index contributed by atoms with van der Waals surface area (Å²) in [7, 11) is 1.74. The van der Waals surface area contributed by atoms with Crippen molar-refractivity contribution in [1.29, 1.82) is 0 Å². The minimum atomic E-state index is 0. The Labute approximate surface area is 172 Å². The molecule has 0 bridgehead atoms. The van der Waals surface area contributed by atoms with E-state index in [1.165, 1.54) is 36.3 Å². The summed E-state index contributed by atoms with van der Waals surface area (Å²) in [5.41, 5.74) is 1.46. The first-order chi connectivity index (χ1) is 13.3. The molecular weight excluding hydrogens is 370 g/mol. The number of thiophene rings is 1. The summed E-state index contributed by atoms with van der Waals surface area (Å²) < 4.78 is 11.8. The molecular formula is C22H33N3O2S. The van der Waals surface area contributed by atoms with Crippen LogP contribution in [0.5, 0.6) is 5.75 Å². The van der Waals surface area contributed by atoms with Crippen molar-refractivity contribution < 1.29 is 9.47 Å². The molecule has 1 aliphatic heterocycles. The average Bonchev–Trinajstić information content (AvgIpc) is 3.35. The van der Waals surface area contributed by atoms with Crippen LogP contribution in [0, 0.1) is 0 Å². The number of hydrogen-bond acceptors (Lipinski definition) is 6. The van der Waals surface area contributed by atoms with Crippen LogP contribution in [0.15, 0.2) is 35.8 Å². The highest BCUT2D eigenvalue weighted by Gasteiger charge is 2.48. The van der Waals surface area contributed by atoms with Gasteiger partial charge >= 0.3 is 0 Å². The van der Waals surface area contributed by atoms with Crippen LogP contribution in [0.1, 0.15) is 55.5 Å². The van der Waals surface area contributed by atoms with E-state index in [0.717, 1.165) is 44.7 Å². The van der Waals surface area contributed by atoms with Gasteiger partial charge in [-0.2, -0.15) is 0 Å². The third-order valence-corrected chi connectivity index (χ3v) is 7.26. The van der Waals surface area contributed by atoms with Crippen LogP contribution >= 0.6 is 11.3 Å². The largest absolute Gasteiger partial charge is 0.496 e. The van der Waals surface area contributed by atoms with E-state index in [9.17, 15) is 0 Å². The van der Waals surface area contributed by atoms with Crippen molar-refractivity contribution in [2.75, 3.05) is 20.3 Å². The van der Waals surface area contributed by atoms with E-state index in [1.807, 2.05) is 18.3 Å². The van der Waals surface area contributed by atoms with Gasteiger partial charge in [0.1, 0.15) is 5.75 Å². The lowest BCUT2D eigenvalue weighted by Crippen LogP contribution is -2.47. The fraction of sp³-hybridized carbons (Fsp3) is 0.591. The van der Waals surface area contributed by atoms with Crippen molar-refractivity contribution in [2.45, 2.75) is 62.5 Å². The molecule has 4 N–H and O–H groups in total. The van der Waals surface area contributed by atoms with Crippen molar-refractivity contribution in [3.05, 3.63) is 46.4 Å². The van der Waals surface area contributed by atoms with Gasteiger partial charge in [-0.15, -0.1) is 11.3 Å². The predicted octanol–water partition coefficient (Wildman–Crippen LogP) is 4.85. The number of nitrogens with zero attached hydrogens (tertiary/aromatic N) is 1. The highest BCUT2D eigenvalue weighted by atomic mass is 32.1. The number of hydrogen-bond donors (Lipinski definition) is 2. The Morgan fingerprint density at radius 3 is 2.82 bits per heavy atom. The molecule has 5 nitrogen and oxygen atoms in total. The fourth-order valence-electron chi connectivity index (χ4n) is 4.97. The first-order valence-electron chi connectivity index (χ1n) is 10.1. The zero-order valence-electron chi connectivity index (χ0n) is 16.9. The minimum absolute atomic E-state index is 0. The number of ether oxygens (including phenoxy) is 2. The van der Waals surface area contributed by atoms with Crippen LogP contribution in [-0.4, -0.2) is 30.8 Å². The molecule has 2 aliphatic rings. The molecule has 1 saturated carbocycles. The normalized spacial score (nSPS) is 23.5.